The van der Waals surface area contributed by atoms with Crippen molar-refractivity contribution in [2.75, 3.05) is 65.8 Å². The molecule has 0 aromatic carbocycles. The predicted molar refractivity (Wildman–Crippen MR) is 118 cm³/mol. The van der Waals surface area contributed by atoms with Crippen molar-refractivity contribution in [2.24, 2.45) is 10.9 Å². The van der Waals surface area contributed by atoms with Crippen molar-refractivity contribution in [1.82, 2.24) is 15.5 Å². The molecule has 0 bridgehead atoms. The molecule has 0 aromatic rings. The second-order valence-corrected chi connectivity index (χ2v) is 7.55. The van der Waals surface area contributed by atoms with Gasteiger partial charge in [0.1, 0.15) is 0 Å². The van der Waals surface area contributed by atoms with Crippen molar-refractivity contribution < 1.29 is 14.2 Å². The molecule has 0 radical (unpaired) electrons. The van der Waals surface area contributed by atoms with Crippen molar-refractivity contribution in [3.63, 3.8) is 0 Å². The van der Waals surface area contributed by atoms with Crippen LogP contribution in [0.2, 0.25) is 0 Å². The summed E-state index contributed by atoms with van der Waals surface area (Å²) in [6, 6.07) is 0.650. The smallest absolute Gasteiger partial charge is 0.191 e. The zero-order valence-corrected chi connectivity index (χ0v) is 19.0. The number of nitrogens with zero attached hydrogens (tertiary/aromatic N) is 2. The highest BCUT2D eigenvalue weighted by Crippen LogP contribution is 2.22. The van der Waals surface area contributed by atoms with Crippen molar-refractivity contribution in [3.8, 4) is 0 Å². The molecule has 3 fully saturated rings. The van der Waals surface area contributed by atoms with Crippen molar-refractivity contribution in [3.05, 3.63) is 0 Å². The molecule has 3 atom stereocenters. The maximum Gasteiger partial charge on any atom is 0.191 e. The van der Waals surface area contributed by atoms with E-state index in [-0.39, 0.29) is 30.1 Å². The van der Waals surface area contributed by atoms with Crippen LogP contribution in [0.4, 0.5) is 0 Å². The van der Waals surface area contributed by atoms with Crippen LogP contribution in [0.1, 0.15) is 32.6 Å². The predicted octanol–water partition coefficient (Wildman–Crippen LogP) is 1.47. The number of guanidine groups is 1. The van der Waals surface area contributed by atoms with Crippen molar-refractivity contribution >= 4 is 29.9 Å². The molecule has 0 amide bonds. The Morgan fingerprint density at radius 3 is 3.00 bits per heavy atom. The lowest BCUT2D eigenvalue weighted by Crippen LogP contribution is -2.47. The maximum absolute atomic E-state index is 5.99. The van der Waals surface area contributed by atoms with Crippen LogP contribution in [-0.2, 0) is 14.2 Å². The number of aliphatic imine (C=N–C) groups is 1. The maximum atomic E-state index is 5.99. The first-order valence-corrected chi connectivity index (χ1v) is 10.4. The summed E-state index contributed by atoms with van der Waals surface area (Å²) in [7, 11) is 0. The summed E-state index contributed by atoms with van der Waals surface area (Å²) < 4.78 is 17.1. The Hall–Kier alpha value is -0.160. The number of halogens is 1. The van der Waals surface area contributed by atoms with Gasteiger partial charge in [-0.05, 0) is 39.2 Å². The van der Waals surface area contributed by atoms with Gasteiger partial charge in [0.05, 0.1) is 32.5 Å². The molecule has 3 saturated heterocycles. The second kappa shape index (κ2) is 13.1. The van der Waals surface area contributed by atoms with Gasteiger partial charge < -0.3 is 24.8 Å². The van der Waals surface area contributed by atoms with E-state index in [1.807, 2.05) is 0 Å². The molecule has 2 N–H and O–H groups in total. The van der Waals surface area contributed by atoms with Crippen LogP contribution >= 0.6 is 24.0 Å². The average molecular weight is 496 g/mol. The van der Waals surface area contributed by atoms with Crippen LogP contribution in [0, 0.1) is 5.92 Å². The second-order valence-electron chi connectivity index (χ2n) is 7.55. The van der Waals surface area contributed by atoms with Crippen LogP contribution in [0.25, 0.3) is 0 Å². The Morgan fingerprint density at radius 2 is 2.19 bits per heavy atom. The lowest BCUT2D eigenvalue weighted by molar-refractivity contribution is -0.0432. The van der Waals surface area contributed by atoms with Crippen molar-refractivity contribution in [1.29, 1.82) is 0 Å². The molecule has 158 valence electrons. The van der Waals surface area contributed by atoms with Crippen LogP contribution in [-0.4, -0.2) is 88.8 Å². The van der Waals surface area contributed by atoms with Crippen LogP contribution in [0.5, 0.6) is 0 Å². The van der Waals surface area contributed by atoms with Gasteiger partial charge in [-0.15, -0.1) is 24.0 Å². The fraction of sp³-hybridized carbons (Fsp3) is 0.947. The Kier molecular flexibility index (Phi) is 11.2. The Balaban J connectivity index is 0.00000261. The van der Waals surface area contributed by atoms with E-state index in [0.29, 0.717) is 12.0 Å². The molecule has 3 heterocycles. The lowest BCUT2D eigenvalue weighted by atomic mass is 10.1. The molecule has 8 heteroatoms. The van der Waals surface area contributed by atoms with Gasteiger partial charge in [-0.2, -0.15) is 0 Å². The first-order valence-electron chi connectivity index (χ1n) is 10.4. The Morgan fingerprint density at radius 1 is 1.26 bits per heavy atom. The standard InChI is InChI=1S/C19H36N4O3.HI/c1-2-20-19(21-7-4-9-24-13-16-6-10-25-14-16)22-11-18-12-23-8-3-5-17(23)15-26-18;/h16-18H,2-15H2,1H3,(H2,20,21,22);1H. The number of nitrogens with one attached hydrogen (secondary N) is 2. The van der Waals surface area contributed by atoms with Crippen LogP contribution < -0.4 is 10.6 Å². The van der Waals surface area contributed by atoms with Gasteiger partial charge >= 0.3 is 0 Å². The first-order chi connectivity index (χ1) is 12.8. The first kappa shape index (κ1) is 23.1. The number of hydrogen-bond donors (Lipinski definition) is 2. The lowest BCUT2D eigenvalue weighted by Gasteiger charge is -2.34. The Bertz CT molecular complexity index is 435. The Labute approximate surface area is 181 Å². The van der Waals surface area contributed by atoms with E-state index < -0.39 is 0 Å². The van der Waals surface area contributed by atoms with Gasteiger partial charge in [-0.1, -0.05) is 0 Å². The summed E-state index contributed by atoms with van der Waals surface area (Å²) in [5.74, 6) is 1.47. The third-order valence-corrected chi connectivity index (χ3v) is 5.39. The number of hydrogen-bond acceptors (Lipinski definition) is 5. The number of morpholine rings is 1. The molecule has 3 aliphatic heterocycles. The van der Waals surface area contributed by atoms with E-state index in [1.165, 1.54) is 19.4 Å². The molecule has 0 saturated carbocycles. The molecule has 27 heavy (non-hydrogen) atoms. The molecule has 0 spiro atoms. The minimum Gasteiger partial charge on any atom is -0.381 e. The summed E-state index contributed by atoms with van der Waals surface area (Å²) >= 11 is 0. The fourth-order valence-corrected chi connectivity index (χ4v) is 3.88. The molecule has 0 aliphatic carbocycles. The normalized spacial score (nSPS) is 28.6. The van der Waals surface area contributed by atoms with E-state index in [1.54, 1.807) is 0 Å². The van der Waals surface area contributed by atoms with Gasteiger partial charge in [-0.3, -0.25) is 9.89 Å². The van der Waals surface area contributed by atoms with E-state index in [2.05, 4.69) is 22.5 Å². The van der Waals surface area contributed by atoms with Crippen LogP contribution in [0.15, 0.2) is 4.99 Å². The topological polar surface area (TPSA) is 67.4 Å². The van der Waals surface area contributed by atoms with E-state index in [9.17, 15) is 0 Å². The molecule has 3 aliphatic rings. The summed E-state index contributed by atoms with van der Waals surface area (Å²) in [6.07, 6.45) is 4.93. The third kappa shape index (κ3) is 8.00. The summed E-state index contributed by atoms with van der Waals surface area (Å²) in [6.45, 7) is 11.0. The zero-order chi connectivity index (χ0) is 18.0. The highest BCUT2D eigenvalue weighted by Gasteiger charge is 2.31. The SMILES string of the molecule is CCNC(=NCC1CN2CCCC2CO1)NCCCOCC1CCOC1.I. The highest BCUT2D eigenvalue weighted by atomic mass is 127. The average Bonchev–Trinajstić information content (AvgIpc) is 3.33. The van der Waals surface area contributed by atoms with Crippen LogP contribution in [0.3, 0.4) is 0 Å². The molecule has 0 aromatic heterocycles. The van der Waals surface area contributed by atoms with Gasteiger partial charge in [0.15, 0.2) is 5.96 Å². The zero-order valence-electron chi connectivity index (χ0n) is 16.7. The molecule has 3 rings (SSSR count). The summed E-state index contributed by atoms with van der Waals surface area (Å²) in [5.41, 5.74) is 0. The summed E-state index contributed by atoms with van der Waals surface area (Å²) in [5, 5.41) is 6.72. The monoisotopic (exact) mass is 496 g/mol. The molecular formula is C19H37IN4O3. The molecular weight excluding hydrogens is 459 g/mol. The van der Waals surface area contributed by atoms with Gasteiger partial charge in [0.2, 0.25) is 0 Å². The minimum atomic E-state index is 0. The van der Waals surface area contributed by atoms with Gasteiger partial charge in [0.25, 0.3) is 0 Å². The van der Waals surface area contributed by atoms with E-state index >= 15 is 0 Å². The van der Waals surface area contributed by atoms with Gasteiger partial charge in [-0.25, -0.2) is 0 Å². The highest BCUT2D eigenvalue weighted by molar-refractivity contribution is 14.0. The number of rotatable bonds is 9. The summed E-state index contributed by atoms with van der Waals surface area (Å²) in [4.78, 5) is 7.28. The van der Waals surface area contributed by atoms with Crippen molar-refractivity contribution in [2.45, 2.75) is 44.8 Å². The molecule has 3 unspecified atom stereocenters. The van der Waals surface area contributed by atoms with E-state index in [0.717, 1.165) is 78.0 Å². The minimum absolute atomic E-state index is 0. The van der Waals surface area contributed by atoms with E-state index in [4.69, 9.17) is 19.2 Å². The number of fused-ring (bicyclic) bond motifs is 1. The quantitative estimate of drug-likeness (QED) is 0.218. The number of ether oxygens (including phenoxy) is 3. The van der Waals surface area contributed by atoms with Gasteiger partial charge in [0, 0.05) is 44.8 Å². The fourth-order valence-electron chi connectivity index (χ4n) is 3.88. The largest absolute Gasteiger partial charge is 0.381 e. The third-order valence-electron chi connectivity index (χ3n) is 5.39. The molecule has 7 nitrogen and oxygen atoms in total.